The summed E-state index contributed by atoms with van der Waals surface area (Å²) in [6.07, 6.45) is 45.9. The Balaban J connectivity index is 4.11. The van der Waals surface area contributed by atoms with Gasteiger partial charge in [0.1, 0.15) is 12.1 Å². The summed E-state index contributed by atoms with van der Waals surface area (Å²) in [5.41, 5.74) is 5.49. The van der Waals surface area contributed by atoms with E-state index in [1.807, 2.05) is 0 Å². The molecule has 0 aliphatic rings. The van der Waals surface area contributed by atoms with E-state index < -0.39 is 12.0 Å². The molecule has 0 heterocycles. The van der Waals surface area contributed by atoms with Crippen LogP contribution in [0.2, 0.25) is 0 Å². The lowest BCUT2D eigenvalue weighted by molar-refractivity contribution is -0.150. The van der Waals surface area contributed by atoms with Crippen LogP contribution >= 0.6 is 0 Å². The molecular weight excluding hydrogens is 673 g/mol. The van der Waals surface area contributed by atoms with E-state index in [9.17, 15) is 19.5 Å². The Labute approximate surface area is 335 Å². The number of esters is 1. The van der Waals surface area contributed by atoms with Crippen LogP contribution in [-0.2, 0) is 19.1 Å². The van der Waals surface area contributed by atoms with Crippen molar-refractivity contribution in [2.24, 2.45) is 5.73 Å². The highest BCUT2D eigenvalue weighted by Gasteiger charge is 2.19. The maximum atomic E-state index is 12.8. The van der Waals surface area contributed by atoms with Crippen LogP contribution in [0.25, 0.3) is 0 Å². The van der Waals surface area contributed by atoms with Gasteiger partial charge in [0, 0.05) is 12.8 Å². The summed E-state index contributed by atoms with van der Waals surface area (Å²) < 4.78 is 6.06. The van der Waals surface area contributed by atoms with Gasteiger partial charge in [0.15, 0.2) is 0 Å². The number of ether oxygens (including phenoxy) is 1. The first-order chi connectivity index (χ1) is 26.4. The molecule has 0 fully saturated rings. The van der Waals surface area contributed by atoms with Gasteiger partial charge in [-0.3, -0.25) is 9.59 Å². The minimum absolute atomic E-state index is 0.0139. The van der Waals surface area contributed by atoms with Crippen molar-refractivity contribution in [3.05, 3.63) is 0 Å². The molecule has 0 spiro atoms. The summed E-state index contributed by atoms with van der Waals surface area (Å²) in [4.78, 5) is 36.4. The Kier molecular flexibility index (Phi) is 41.2. The molecule has 54 heavy (non-hydrogen) atoms. The predicted molar refractivity (Wildman–Crippen MR) is 230 cm³/mol. The molecule has 0 aliphatic heterocycles. The van der Waals surface area contributed by atoms with Gasteiger partial charge in [-0.25, -0.2) is 4.79 Å². The van der Waals surface area contributed by atoms with E-state index in [4.69, 9.17) is 10.5 Å². The molecule has 1 amide bonds. The molecule has 0 aromatic carbocycles. The number of hydrogen-bond acceptors (Lipinski definition) is 5. The number of hydrogen-bond donors (Lipinski definition) is 3. The summed E-state index contributed by atoms with van der Waals surface area (Å²) in [5, 5.41) is 11.9. The van der Waals surface area contributed by atoms with Crippen molar-refractivity contribution in [1.82, 2.24) is 5.32 Å². The van der Waals surface area contributed by atoms with Crippen LogP contribution in [0, 0.1) is 0 Å². The van der Waals surface area contributed by atoms with Crippen molar-refractivity contribution < 1.29 is 24.2 Å². The van der Waals surface area contributed by atoms with Crippen LogP contribution in [0.5, 0.6) is 0 Å². The SMILES string of the molecule is CCCCCCCCCCCCCCCCCCCCCC(=O)OC(CCCCCCCCCCC)CCCCCCCC(=O)NC(CCCN)C(=O)O. The fourth-order valence-electron chi connectivity index (χ4n) is 7.57. The van der Waals surface area contributed by atoms with Crippen LogP contribution in [-0.4, -0.2) is 41.6 Å². The second-order valence-corrected chi connectivity index (χ2v) is 16.5. The summed E-state index contributed by atoms with van der Waals surface area (Å²) in [5.74, 6) is -1.21. The van der Waals surface area contributed by atoms with Crippen molar-refractivity contribution in [3.63, 3.8) is 0 Å². The molecule has 0 saturated heterocycles. The third-order valence-electron chi connectivity index (χ3n) is 11.2. The first-order valence-electron chi connectivity index (χ1n) is 23.9. The van der Waals surface area contributed by atoms with Gasteiger partial charge in [-0.05, 0) is 57.9 Å². The number of carboxylic acid groups (broad SMARTS) is 1. The highest BCUT2D eigenvalue weighted by molar-refractivity contribution is 5.83. The quantitative estimate of drug-likeness (QED) is 0.0420. The fourth-order valence-corrected chi connectivity index (χ4v) is 7.57. The van der Waals surface area contributed by atoms with E-state index >= 15 is 0 Å². The number of unbranched alkanes of at least 4 members (excludes halogenated alkanes) is 30. The van der Waals surface area contributed by atoms with Crippen molar-refractivity contribution >= 4 is 17.8 Å². The highest BCUT2D eigenvalue weighted by Crippen LogP contribution is 2.19. The standard InChI is InChI=1S/C47H92N2O5/c1-3-5-7-9-11-13-14-15-16-17-18-19-20-21-22-24-26-31-35-41-46(51)54-43(37-32-28-25-23-12-10-8-6-4-2)38-33-29-27-30-34-40-45(50)49-44(47(52)53)39-36-42-48/h43-44H,3-42,48H2,1-2H3,(H,49,50)(H,52,53). The highest BCUT2D eigenvalue weighted by atomic mass is 16.5. The van der Waals surface area contributed by atoms with Crippen molar-refractivity contribution in [2.45, 2.75) is 276 Å². The summed E-state index contributed by atoms with van der Waals surface area (Å²) in [6, 6.07) is -0.852. The van der Waals surface area contributed by atoms with E-state index in [0.717, 1.165) is 64.2 Å². The van der Waals surface area contributed by atoms with Gasteiger partial charge in [-0.1, -0.05) is 200 Å². The Morgan fingerprint density at radius 1 is 0.463 bits per heavy atom. The maximum Gasteiger partial charge on any atom is 0.326 e. The van der Waals surface area contributed by atoms with E-state index in [-0.39, 0.29) is 18.0 Å². The average Bonchev–Trinajstić information content (AvgIpc) is 3.16. The Hall–Kier alpha value is -1.63. The summed E-state index contributed by atoms with van der Waals surface area (Å²) in [7, 11) is 0. The van der Waals surface area contributed by atoms with Gasteiger partial charge in [0.05, 0.1) is 0 Å². The van der Waals surface area contributed by atoms with Gasteiger partial charge in [0.25, 0.3) is 0 Å². The lowest BCUT2D eigenvalue weighted by atomic mass is 10.0. The van der Waals surface area contributed by atoms with Crippen LogP contribution in [0.1, 0.15) is 264 Å². The molecule has 0 radical (unpaired) electrons. The molecule has 0 aromatic heterocycles. The molecule has 7 nitrogen and oxygen atoms in total. The normalized spacial score (nSPS) is 12.5. The molecule has 0 aromatic rings. The molecule has 7 heteroatoms. The lowest BCUT2D eigenvalue weighted by Gasteiger charge is -2.18. The van der Waals surface area contributed by atoms with E-state index in [1.54, 1.807) is 0 Å². The molecule has 0 bridgehead atoms. The topological polar surface area (TPSA) is 119 Å². The lowest BCUT2D eigenvalue weighted by Crippen LogP contribution is -2.40. The molecule has 320 valence electrons. The number of nitrogens with two attached hydrogens (primary N) is 1. The third-order valence-corrected chi connectivity index (χ3v) is 11.2. The van der Waals surface area contributed by atoms with Crippen LogP contribution in [0.4, 0.5) is 0 Å². The van der Waals surface area contributed by atoms with Crippen LogP contribution in [0.3, 0.4) is 0 Å². The van der Waals surface area contributed by atoms with Crippen LogP contribution < -0.4 is 11.1 Å². The summed E-state index contributed by atoms with van der Waals surface area (Å²) in [6.45, 7) is 4.97. The second-order valence-electron chi connectivity index (χ2n) is 16.5. The van der Waals surface area contributed by atoms with Gasteiger partial charge in [-0.15, -0.1) is 0 Å². The van der Waals surface area contributed by atoms with Crippen molar-refractivity contribution in [3.8, 4) is 0 Å². The number of carbonyl (C=O) groups excluding carboxylic acids is 2. The predicted octanol–water partition coefficient (Wildman–Crippen LogP) is 13.7. The van der Waals surface area contributed by atoms with Gasteiger partial charge in [-0.2, -0.15) is 0 Å². The Bertz CT molecular complexity index is 822. The van der Waals surface area contributed by atoms with Gasteiger partial charge < -0.3 is 20.9 Å². The van der Waals surface area contributed by atoms with E-state index in [1.165, 1.54) is 161 Å². The third kappa shape index (κ3) is 38.6. The molecule has 0 rings (SSSR count). The number of rotatable bonds is 44. The van der Waals surface area contributed by atoms with E-state index in [0.29, 0.717) is 32.2 Å². The zero-order valence-electron chi connectivity index (χ0n) is 36.1. The molecule has 2 atom stereocenters. The van der Waals surface area contributed by atoms with Crippen molar-refractivity contribution in [1.29, 1.82) is 0 Å². The largest absolute Gasteiger partial charge is 0.480 e. The molecule has 2 unspecified atom stereocenters. The summed E-state index contributed by atoms with van der Waals surface area (Å²) >= 11 is 0. The van der Waals surface area contributed by atoms with Gasteiger partial charge in [0.2, 0.25) is 5.91 Å². The van der Waals surface area contributed by atoms with Crippen LogP contribution in [0.15, 0.2) is 0 Å². The molecule has 4 N–H and O–H groups in total. The van der Waals surface area contributed by atoms with Crippen molar-refractivity contribution in [2.75, 3.05) is 6.54 Å². The number of nitrogens with one attached hydrogen (secondary N) is 1. The zero-order chi connectivity index (χ0) is 39.6. The molecule has 0 saturated carbocycles. The maximum absolute atomic E-state index is 12.8. The zero-order valence-corrected chi connectivity index (χ0v) is 36.1. The number of carboxylic acids is 1. The smallest absolute Gasteiger partial charge is 0.326 e. The first kappa shape index (κ1) is 52.4. The van der Waals surface area contributed by atoms with E-state index in [2.05, 4.69) is 19.2 Å². The first-order valence-corrected chi connectivity index (χ1v) is 23.9. The Morgan fingerprint density at radius 3 is 1.15 bits per heavy atom. The molecular formula is C47H92N2O5. The minimum atomic E-state index is -1.000. The monoisotopic (exact) mass is 765 g/mol. The molecule has 0 aliphatic carbocycles. The minimum Gasteiger partial charge on any atom is -0.480 e. The Morgan fingerprint density at radius 2 is 0.796 bits per heavy atom. The fraction of sp³-hybridized carbons (Fsp3) is 0.936. The average molecular weight is 765 g/mol. The second kappa shape index (κ2) is 42.5. The number of carbonyl (C=O) groups is 3. The number of aliphatic carboxylic acids is 1. The number of amides is 1. The van der Waals surface area contributed by atoms with Gasteiger partial charge >= 0.3 is 11.9 Å².